The number of nitrogens with one attached hydrogen (secondary N) is 1. The minimum Gasteiger partial charge on any atom is -0.388 e. The lowest BCUT2D eigenvalue weighted by atomic mass is 10.1. The van der Waals surface area contributed by atoms with Gasteiger partial charge in [-0.3, -0.25) is 9.36 Å². The average molecular weight is 369 g/mol. The van der Waals surface area contributed by atoms with Crippen LogP contribution in [0.1, 0.15) is 40.3 Å². The highest BCUT2D eigenvalue weighted by Crippen LogP contribution is 2.33. The number of hydrogen-bond donors (Lipinski definition) is 2. The summed E-state index contributed by atoms with van der Waals surface area (Å²) in [6.45, 7) is 6.90. The van der Waals surface area contributed by atoms with Crippen molar-refractivity contribution in [2.75, 3.05) is 12.4 Å². The van der Waals surface area contributed by atoms with E-state index >= 15 is 0 Å². The monoisotopic (exact) mass is 369 g/mol. The summed E-state index contributed by atoms with van der Waals surface area (Å²) < 4.78 is 18.3. The predicted octanol–water partition coefficient (Wildman–Crippen LogP) is 0.679. The van der Waals surface area contributed by atoms with Crippen molar-refractivity contribution in [2.45, 2.75) is 70.9 Å². The van der Waals surface area contributed by atoms with Gasteiger partial charge >= 0.3 is 5.69 Å². The molecule has 6 unspecified atom stereocenters. The van der Waals surface area contributed by atoms with Crippen molar-refractivity contribution >= 4 is 11.7 Å². The van der Waals surface area contributed by atoms with Crippen molar-refractivity contribution in [3.05, 3.63) is 22.7 Å². The molecule has 1 aliphatic rings. The minimum absolute atomic E-state index is 0.156. The van der Waals surface area contributed by atoms with Crippen LogP contribution in [-0.4, -0.2) is 58.2 Å². The van der Waals surface area contributed by atoms with Gasteiger partial charge in [-0.2, -0.15) is 4.98 Å². The van der Waals surface area contributed by atoms with Gasteiger partial charge in [-0.1, -0.05) is 6.92 Å². The van der Waals surface area contributed by atoms with Gasteiger partial charge in [-0.05, 0) is 26.3 Å². The molecule has 0 radical (unpaired) electrons. The van der Waals surface area contributed by atoms with Crippen molar-refractivity contribution in [1.29, 1.82) is 0 Å². The molecule has 2 heterocycles. The van der Waals surface area contributed by atoms with Crippen molar-refractivity contribution in [3.63, 3.8) is 0 Å². The summed E-state index contributed by atoms with van der Waals surface area (Å²) >= 11 is 0. The van der Waals surface area contributed by atoms with E-state index in [9.17, 15) is 14.7 Å². The number of carbonyl (C=O) groups is 1. The maximum absolute atomic E-state index is 12.4. The van der Waals surface area contributed by atoms with Gasteiger partial charge in [0.05, 0.1) is 18.3 Å². The number of anilines is 1. The van der Waals surface area contributed by atoms with Gasteiger partial charge < -0.3 is 24.6 Å². The second-order valence-corrected chi connectivity index (χ2v) is 6.39. The second kappa shape index (κ2) is 8.72. The van der Waals surface area contributed by atoms with E-state index in [0.717, 1.165) is 0 Å². The summed E-state index contributed by atoms with van der Waals surface area (Å²) in [5, 5.41) is 13.0. The molecule has 1 aromatic heterocycles. The van der Waals surface area contributed by atoms with Crippen LogP contribution in [0.5, 0.6) is 0 Å². The van der Waals surface area contributed by atoms with Crippen LogP contribution in [-0.2, 0) is 19.0 Å². The zero-order chi connectivity index (χ0) is 19.4. The lowest BCUT2D eigenvalue weighted by Gasteiger charge is -2.28. The number of methoxy groups -OCH3 is 1. The van der Waals surface area contributed by atoms with Gasteiger partial charge in [-0.15, -0.1) is 0 Å². The molecule has 146 valence electrons. The Hall–Kier alpha value is -1.81. The largest absolute Gasteiger partial charge is 0.388 e. The Bertz CT molecular complexity index is 679. The summed E-state index contributed by atoms with van der Waals surface area (Å²) in [6, 6.07) is 1.50. The Balaban J connectivity index is 2.29. The molecule has 26 heavy (non-hydrogen) atoms. The number of aromatic nitrogens is 2. The molecular formula is C17H27N3O6. The third kappa shape index (κ3) is 4.47. The van der Waals surface area contributed by atoms with Crippen LogP contribution in [0.15, 0.2) is 17.1 Å². The van der Waals surface area contributed by atoms with Gasteiger partial charge in [0.1, 0.15) is 18.0 Å². The molecular weight excluding hydrogens is 342 g/mol. The van der Waals surface area contributed by atoms with Crippen molar-refractivity contribution < 1.29 is 24.1 Å². The number of rotatable bonds is 7. The third-order valence-corrected chi connectivity index (χ3v) is 4.53. The van der Waals surface area contributed by atoms with Gasteiger partial charge in [-0.25, -0.2) is 4.79 Å². The molecule has 0 bridgehead atoms. The fraction of sp³-hybridized carbons (Fsp3) is 0.706. The zero-order valence-corrected chi connectivity index (χ0v) is 15.7. The van der Waals surface area contributed by atoms with Gasteiger partial charge in [0.2, 0.25) is 5.91 Å². The molecule has 0 saturated carbocycles. The van der Waals surface area contributed by atoms with Crippen molar-refractivity contribution in [3.8, 4) is 0 Å². The summed E-state index contributed by atoms with van der Waals surface area (Å²) in [4.78, 5) is 27.3. The van der Waals surface area contributed by atoms with Gasteiger partial charge in [0, 0.05) is 20.2 Å². The first-order valence-corrected chi connectivity index (χ1v) is 8.67. The summed E-state index contributed by atoms with van der Waals surface area (Å²) in [5.74, 6) is -0.167. The maximum Gasteiger partial charge on any atom is 0.351 e. The number of carbonyl (C=O) groups excluding carboxylic acids is 1. The molecule has 0 aromatic carbocycles. The highest BCUT2D eigenvalue weighted by atomic mass is 16.6. The first-order chi connectivity index (χ1) is 12.3. The van der Waals surface area contributed by atoms with Crippen LogP contribution in [0, 0.1) is 0 Å². The molecule has 0 aliphatic carbocycles. The Morgan fingerprint density at radius 3 is 2.69 bits per heavy atom. The quantitative estimate of drug-likeness (QED) is 0.727. The van der Waals surface area contributed by atoms with Crippen molar-refractivity contribution in [1.82, 2.24) is 9.55 Å². The second-order valence-electron chi connectivity index (χ2n) is 6.39. The summed E-state index contributed by atoms with van der Waals surface area (Å²) in [7, 11) is 1.58. The molecule has 1 saturated heterocycles. The van der Waals surface area contributed by atoms with E-state index in [-0.39, 0.29) is 23.9 Å². The third-order valence-electron chi connectivity index (χ3n) is 4.53. The predicted molar refractivity (Wildman–Crippen MR) is 93.8 cm³/mol. The lowest BCUT2D eigenvalue weighted by molar-refractivity contribution is -0.129. The molecule has 6 atom stereocenters. The number of nitrogens with zero attached hydrogens (tertiary/aromatic N) is 2. The molecule has 1 fully saturated rings. The molecule has 9 heteroatoms. The highest BCUT2D eigenvalue weighted by molar-refractivity contribution is 5.87. The fourth-order valence-corrected chi connectivity index (χ4v) is 2.83. The van der Waals surface area contributed by atoms with Gasteiger partial charge in [0.25, 0.3) is 0 Å². The van der Waals surface area contributed by atoms with Crippen LogP contribution in [0.4, 0.5) is 5.82 Å². The lowest BCUT2D eigenvalue weighted by Crippen LogP contribution is -2.41. The molecule has 0 spiro atoms. The fourth-order valence-electron chi connectivity index (χ4n) is 2.83. The highest BCUT2D eigenvalue weighted by Gasteiger charge is 2.46. The Morgan fingerprint density at radius 2 is 2.15 bits per heavy atom. The van der Waals surface area contributed by atoms with Crippen LogP contribution in [0.2, 0.25) is 0 Å². The molecule has 2 N–H and O–H groups in total. The first kappa shape index (κ1) is 20.5. The SMILES string of the molecule is CCC1OC(n2ccc(NC(C)=O)nc2=O)C(OC(C)C(C)OC)C1O. The standard InChI is InChI=1S/C17H27N3O6/c1-6-12-14(22)15(25-10(3)9(2)24-5)16(26-12)20-8-7-13(18-11(4)21)19-17(20)23/h7-10,12,14-16,22H,6H2,1-5H3,(H,18,19,21,23). The number of amides is 1. The Labute approximate surface area is 152 Å². The molecule has 9 nitrogen and oxygen atoms in total. The van der Waals surface area contributed by atoms with Crippen LogP contribution in [0.3, 0.4) is 0 Å². The zero-order valence-electron chi connectivity index (χ0n) is 15.7. The topological polar surface area (TPSA) is 112 Å². The average Bonchev–Trinajstić information content (AvgIpc) is 2.89. The smallest absolute Gasteiger partial charge is 0.351 e. The number of aliphatic hydroxyl groups is 1. The molecule has 1 amide bonds. The molecule has 1 aliphatic heterocycles. The van der Waals surface area contributed by atoms with Crippen LogP contribution in [0.25, 0.3) is 0 Å². The van der Waals surface area contributed by atoms with E-state index in [4.69, 9.17) is 14.2 Å². The van der Waals surface area contributed by atoms with E-state index < -0.39 is 30.2 Å². The minimum atomic E-state index is -0.890. The normalized spacial score (nSPS) is 27.9. The van der Waals surface area contributed by atoms with E-state index in [2.05, 4.69) is 10.3 Å². The molecule has 2 rings (SSSR count). The molecule has 1 aromatic rings. The first-order valence-electron chi connectivity index (χ1n) is 8.67. The number of aliphatic hydroxyl groups excluding tert-OH is 1. The van der Waals surface area contributed by atoms with E-state index in [0.29, 0.717) is 6.42 Å². The van der Waals surface area contributed by atoms with E-state index in [1.54, 1.807) is 7.11 Å². The Kier molecular flexibility index (Phi) is 6.87. The number of hydrogen-bond acceptors (Lipinski definition) is 7. The van der Waals surface area contributed by atoms with Crippen molar-refractivity contribution in [2.24, 2.45) is 0 Å². The summed E-state index contributed by atoms with van der Waals surface area (Å²) in [6.07, 6.45) is -1.40. The van der Waals surface area contributed by atoms with Gasteiger partial charge in [0.15, 0.2) is 6.23 Å². The van der Waals surface area contributed by atoms with E-state index in [1.165, 1.54) is 23.8 Å². The maximum atomic E-state index is 12.4. The Morgan fingerprint density at radius 1 is 1.46 bits per heavy atom. The summed E-state index contributed by atoms with van der Waals surface area (Å²) in [5.41, 5.74) is -0.605. The van der Waals surface area contributed by atoms with E-state index in [1.807, 2.05) is 20.8 Å². The van der Waals surface area contributed by atoms with Crippen LogP contribution < -0.4 is 11.0 Å². The van der Waals surface area contributed by atoms with Crippen LogP contribution >= 0.6 is 0 Å². The number of ether oxygens (including phenoxy) is 3.